The van der Waals surface area contributed by atoms with E-state index in [1.54, 1.807) is 16.7 Å². The third-order valence-corrected chi connectivity index (χ3v) is 10.9. The van der Waals surface area contributed by atoms with E-state index in [1.165, 1.54) is 115 Å². The van der Waals surface area contributed by atoms with Crippen molar-refractivity contribution >= 4 is 5.91 Å². The summed E-state index contributed by atoms with van der Waals surface area (Å²) in [5.41, 5.74) is 4.86. The predicted molar refractivity (Wildman–Crippen MR) is 163 cm³/mol. The summed E-state index contributed by atoms with van der Waals surface area (Å²) in [6.45, 7) is 9.04. The number of benzene rings is 1. The van der Waals surface area contributed by atoms with Gasteiger partial charge in [-0.05, 0) is 142 Å². The van der Waals surface area contributed by atoms with Gasteiger partial charge in [0.15, 0.2) is 0 Å². The van der Waals surface area contributed by atoms with Gasteiger partial charge in [0.25, 0.3) is 0 Å². The molecule has 3 aliphatic rings. The molecular weight excluding hydrogens is 462 g/mol. The van der Waals surface area contributed by atoms with E-state index in [1.807, 2.05) is 0 Å². The number of hydrogen-bond acceptors (Lipinski definition) is 1. The highest BCUT2D eigenvalue weighted by Crippen LogP contribution is 2.45. The first kappa shape index (κ1) is 29.4. The highest BCUT2D eigenvalue weighted by molar-refractivity contribution is 5.86. The third kappa shape index (κ3) is 8.46. The maximum Gasteiger partial charge on any atom is 0.243 e. The number of unbranched alkanes of at least 4 members (excludes halogenated alkanes) is 2. The summed E-state index contributed by atoms with van der Waals surface area (Å²) < 4.78 is 0. The van der Waals surface area contributed by atoms with E-state index in [2.05, 4.69) is 43.9 Å². The van der Waals surface area contributed by atoms with E-state index >= 15 is 0 Å². The number of rotatable bonds is 12. The second-order valence-electron chi connectivity index (χ2n) is 13.4. The summed E-state index contributed by atoms with van der Waals surface area (Å²) in [4.78, 5) is 11.3. The van der Waals surface area contributed by atoms with Crippen molar-refractivity contribution in [2.24, 2.45) is 23.7 Å². The number of nitrogens with one attached hydrogen (secondary N) is 1. The van der Waals surface area contributed by atoms with Crippen LogP contribution in [0.2, 0.25) is 0 Å². The highest BCUT2D eigenvalue weighted by Gasteiger charge is 2.32. The van der Waals surface area contributed by atoms with Crippen LogP contribution in [0, 0.1) is 30.6 Å². The molecule has 38 heavy (non-hydrogen) atoms. The van der Waals surface area contributed by atoms with Crippen molar-refractivity contribution < 1.29 is 4.79 Å². The number of amides is 1. The molecule has 0 atom stereocenters. The van der Waals surface area contributed by atoms with E-state index in [4.69, 9.17) is 0 Å². The normalized spacial score (nSPS) is 30.1. The molecule has 0 aromatic heterocycles. The zero-order valence-corrected chi connectivity index (χ0v) is 24.8. The molecule has 0 heterocycles. The van der Waals surface area contributed by atoms with E-state index in [9.17, 15) is 4.79 Å². The topological polar surface area (TPSA) is 29.1 Å². The molecule has 0 radical (unpaired) electrons. The second kappa shape index (κ2) is 15.3. The molecule has 3 aliphatic carbocycles. The van der Waals surface area contributed by atoms with Gasteiger partial charge in [-0.15, -0.1) is 0 Å². The molecule has 3 fully saturated rings. The lowest BCUT2D eigenvalue weighted by atomic mass is 9.67. The van der Waals surface area contributed by atoms with Crippen molar-refractivity contribution in [3.63, 3.8) is 0 Å². The monoisotopic (exact) mass is 519 g/mol. The zero-order chi connectivity index (χ0) is 26.7. The summed E-state index contributed by atoms with van der Waals surface area (Å²) in [7, 11) is 0. The van der Waals surface area contributed by atoms with E-state index in [-0.39, 0.29) is 5.91 Å². The van der Waals surface area contributed by atoms with Crippen LogP contribution in [-0.4, -0.2) is 12.5 Å². The molecule has 0 saturated heterocycles. The zero-order valence-electron chi connectivity index (χ0n) is 24.8. The van der Waals surface area contributed by atoms with Crippen LogP contribution in [-0.2, 0) is 4.79 Å². The lowest BCUT2D eigenvalue weighted by molar-refractivity contribution is -0.116. The van der Waals surface area contributed by atoms with Gasteiger partial charge in [0.05, 0.1) is 0 Å². The maximum atomic E-state index is 11.3. The third-order valence-electron chi connectivity index (χ3n) is 10.9. The Balaban J connectivity index is 1.17. The van der Waals surface area contributed by atoms with Crippen LogP contribution in [0.4, 0.5) is 0 Å². The Morgan fingerprint density at radius 3 is 2.00 bits per heavy atom. The number of carbonyl (C=O) groups excluding carboxylic acids is 1. The Bertz CT molecular complexity index is 850. The number of aryl methyl sites for hydroxylation is 1. The fraction of sp³-hybridized carbons (Fsp3) is 0.750. The van der Waals surface area contributed by atoms with E-state index < -0.39 is 0 Å². The fourth-order valence-electron chi connectivity index (χ4n) is 8.40. The quantitative estimate of drug-likeness (QED) is 0.216. The molecular formula is C36H57NO. The molecule has 3 saturated carbocycles. The largest absolute Gasteiger partial charge is 0.353 e. The van der Waals surface area contributed by atoms with Crippen molar-refractivity contribution in [1.29, 1.82) is 0 Å². The van der Waals surface area contributed by atoms with Gasteiger partial charge in [-0.25, -0.2) is 0 Å². The van der Waals surface area contributed by atoms with Crippen LogP contribution >= 0.6 is 0 Å². The molecule has 2 heteroatoms. The van der Waals surface area contributed by atoms with E-state index in [0.29, 0.717) is 0 Å². The number of hydrogen-bond donors (Lipinski definition) is 1. The van der Waals surface area contributed by atoms with Gasteiger partial charge in [0, 0.05) is 6.54 Å². The molecule has 1 aromatic carbocycles. The van der Waals surface area contributed by atoms with Crippen LogP contribution in [0.5, 0.6) is 0 Å². The van der Waals surface area contributed by atoms with Gasteiger partial charge in [-0.1, -0.05) is 70.2 Å². The van der Waals surface area contributed by atoms with Gasteiger partial charge in [0.1, 0.15) is 0 Å². The summed E-state index contributed by atoms with van der Waals surface area (Å²) in [5.74, 6) is 5.37. The molecule has 212 valence electrons. The molecule has 1 aromatic rings. The van der Waals surface area contributed by atoms with Crippen LogP contribution in [0.1, 0.15) is 151 Å². The number of carbonyl (C=O) groups is 1. The van der Waals surface area contributed by atoms with Gasteiger partial charge >= 0.3 is 0 Å². The van der Waals surface area contributed by atoms with Crippen LogP contribution in [0.15, 0.2) is 30.9 Å². The second-order valence-corrected chi connectivity index (χ2v) is 13.4. The van der Waals surface area contributed by atoms with Gasteiger partial charge in [-0.2, -0.15) is 0 Å². The Morgan fingerprint density at radius 2 is 1.39 bits per heavy atom. The van der Waals surface area contributed by atoms with Crippen molar-refractivity contribution in [3.8, 4) is 0 Å². The molecule has 0 bridgehead atoms. The molecule has 0 unspecified atom stereocenters. The fourth-order valence-corrected chi connectivity index (χ4v) is 8.40. The minimum Gasteiger partial charge on any atom is -0.353 e. The summed E-state index contributed by atoms with van der Waals surface area (Å²) >= 11 is 0. The average molecular weight is 520 g/mol. The van der Waals surface area contributed by atoms with Crippen molar-refractivity contribution in [2.45, 2.75) is 141 Å². The molecule has 1 N–H and O–H groups in total. The summed E-state index contributed by atoms with van der Waals surface area (Å²) in [6, 6.07) is 7.62. The lowest BCUT2D eigenvalue weighted by Crippen LogP contribution is -2.26. The Kier molecular flexibility index (Phi) is 11.8. The molecule has 1 amide bonds. The smallest absolute Gasteiger partial charge is 0.243 e. The van der Waals surface area contributed by atoms with Gasteiger partial charge < -0.3 is 5.32 Å². The first-order valence-corrected chi connectivity index (χ1v) is 16.6. The molecule has 2 nitrogen and oxygen atoms in total. The summed E-state index contributed by atoms with van der Waals surface area (Å²) in [5, 5.41) is 2.93. The van der Waals surface area contributed by atoms with E-state index in [0.717, 1.165) is 48.5 Å². The molecule has 0 spiro atoms. The lowest BCUT2D eigenvalue weighted by Gasteiger charge is -2.38. The van der Waals surface area contributed by atoms with Gasteiger partial charge in [0.2, 0.25) is 5.91 Å². The minimum absolute atomic E-state index is 0.0362. The van der Waals surface area contributed by atoms with Crippen LogP contribution in [0.25, 0.3) is 0 Å². The average Bonchev–Trinajstić information content (AvgIpc) is 2.96. The molecule has 0 aliphatic heterocycles. The summed E-state index contributed by atoms with van der Waals surface area (Å²) in [6.07, 6.45) is 26.5. The SMILES string of the molecule is C=CC(=O)NCCCC1CCC(C2CCC(c3ccc(C4CCC(CCCCC)CC4)cc3C)CC2)CC1. The Labute approximate surface area is 234 Å². The maximum absolute atomic E-state index is 11.3. The minimum atomic E-state index is -0.0362. The predicted octanol–water partition coefficient (Wildman–Crippen LogP) is 10.0. The van der Waals surface area contributed by atoms with Crippen LogP contribution in [0.3, 0.4) is 0 Å². The van der Waals surface area contributed by atoms with Crippen LogP contribution < -0.4 is 5.32 Å². The van der Waals surface area contributed by atoms with Crippen molar-refractivity contribution in [2.75, 3.05) is 6.54 Å². The first-order chi connectivity index (χ1) is 18.6. The standard InChI is InChI=1S/C36H57NO/c1-4-6-7-9-28-13-17-32(18-14-28)34-23-24-35(27(3)26-34)33-21-19-31(20-22-33)30-15-11-29(12-16-30)10-8-25-37-36(38)5-2/h5,23-24,26,28-33H,2,4,6-22,25H2,1,3H3,(H,37,38). The van der Waals surface area contributed by atoms with Crippen molar-refractivity contribution in [3.05, 3.63) is 47.5 Å². The highest BCUT2D eigenvalue weighted by atomic mass is 16.1. The van der Waals surface area contributed by atoms with Gasteiger partial charge in [-0.3, -0.25) is 4.79 Å². The Hall–Kier alpha value is -1.57. The molecule has 4 rings (SSSR count). The van der Waals surface area contributed by atoms with Crippen molar-refractivity contribution in [1.82, 2.24) is 5.32 Å². The Morgan fingerprint density at radius 1 is 0.816 bits per heavy atom. The first-order valence-electron chi connectivity index (χ1n) is 16.6.